The predicted molar refractivity (Wildman–Crippen MR) is 228 cm³/mol. The summed E-state index contributed by atoms with van der Waals surface area (Å²) >= 11 is 0. The van der Waals surface area contributed by atoms with E-state index in [1.807, 2.05) is 0 Å². The highest BCUT2D eigenvalue weighted by Gasteiger charge is 2.38. The van der Waals surface area contributed by atoms with Gasteiger partial charge >= 0.3 is 5.97 Å². The molecule has 0 radical (unpaired) electrons. The zero-order valence-corrected chi connectivity index (χ0v) is 36.8. The van der Waals surface area contributed by atoms with Crippen molar-refractivity contribution in [2.24, 2.45) is 39.4 Å². The topological polar surface area (TPSA) is 127 Å². The third-order valence-corrected chi connectivity index (χ3v) is 14.4. The van der Waals surface area contributed by atoms with Crippen LogP contribution in [0.4, 0.5) is 0 Å². The number of rotatable bonds is 12. The molecule has 1 atom stereocenters. The molecule has 324 valence electrons. The number of ketones is 2. The number of ether oxygens (including phenoxy) is 2. The first-order valence-electron chi connectivity index (χ1n) is 22.2. The van der Waals surface area contributed by atoms with Gasteiger partial charge in [-0.2, -0.15) is 0 Å². The van der Waals surface area contributed by atoms with Crippen LogP contribution in [0.5, 0.6) is 0 Å². The van der Waals surface area contributed by atoms with Gasteiger partial charge in [0, 0.05) is 51.2 Å². The second-order valence-electron chi connectivity index (χ2n) is 19.4. The number of carbonyl (C=O) groups is 4. The van der Waals surface area contributed by atoms with Crippen molar-refractivity contribution in [2.45, 2.75) is 189 Å². The van der Waals surface area contributed by atoms with Crippen LogP contribution in [-0.4, -0.2) is 61.0 Å². The number of hydrogen-bond acceptors (Lipinski definition) is 8. The van der Waals surface area contributed by atoms with E-state index >= 15 is 0 Å². The fraction of sp³-hybridized carbons (Fsp3) is 0.833. The lowest BCUT2D eigenvalue weighted by Gasteiger charge is -2.42. The van der Waals surface area contributed by atoms with Gasteiger partial charge in [-0.1, -0.05) is 77.5 Å². The van der Waals surface area contributed by atoms with Crippen molar-refractivity contribution in [2.75, 3.05) is 26.9 Å². The maximum atomic E-state index is 11.1. The minimum atomic E-state index is -0.326. The van der Waals surface area contributed by atoms with Crippen LogP contribution in [0.2, 0.25) is 0 Å². The highest BCUT2D eigenvalue weighted by molar-refractivity contribution is 5.75. The Balaban J connectivity index is 0.000000378. The molecule has 1 heterocycles. The van der Waals surface area contributed by atoms with Crippen molar-refractivity contribution in [1.82, 2.24) is 0 Å². The molecule has 0 aromatic rings. The maximum Gasteiger partial charge on any atom is 0.305 e. The van der Waals surface area contributed by atoms with Gasteiger partial charge in [-0.05, 0) is 133 Å². The normalized spacial score (nSPS) is 32.7. The second kappa shape index (κ2) is 24.6. The number of aldehydes is 1. The Kier molecular flexibility index (Phi) is 21.9. The Hall–Kier alpha value is -2.32. The Labute approximate surface area is 342 Å². The van der Waals surface area contributed by atoms with Crippen molar-refractivity contribution in [1.29, 1.82) is 0 Å². The Morgan fingerprint density at radius 2 is 1.23 bits per heavy atom. The first-order valence-corrected chi connectivity index (χ1v) is 22.2. The second-order valence-corrected chi connectivity index (χ2v) is 19.4. The molecule has 1 spiro atoms. The van der Waals surface area contributed by atoms with Crippen molar-refractivity contribution in [3.63, 3.8) is 0 Å². The number of aliphatic hydroxyl groups excluding tert-OH is 2. The standard InChI is InChI=1S/C12H18O3.2C12H22O2.C12H20O.H2/c1-10-3-6-12(9-13,7-4-10)8-5-11(14)15-2;2*1-10-3-6-12(9-13,7-4-10)8-5-11(2)14;1-10-3-6-12(7-4-10)8-5-11(2)13-9-12;/h3,9H,4-8H2,1-2H3;2*10,13H,3-9H2,1-2H3;10H,2-9H2,1H3;1H. The summed E-state index contributed by atoms with van der Waals surface area (Å²) in [5, 5.41) is 18.9. The molecule has 5 rings (SSSR count). The summed E-state index contributed by atoms with van der Waals surface area (Å²) in [4.78, 5) is 44.0. The molecule has 0 bridgehead atoms. The highest BCUT2D eigenvalue weighted by atomic mass is 16.5. The minimum Gasteiger partial charge on any atom is -0.498 e. The average molecular weight is 789 g/mol. The number of aliphatic hydroxyl groups is 2. The van der Waals surface area contributed by atoms with Crippen LogP contribution in [0.15, 0.2) is 24.0 Å². The molecule has 1 aliphatic heterocycles. The summed E-state index contributed by atoms with van der Waals surface area (Å²) in [6, 6.07) is 0. The van der Waals surface area contributed by atoms with E-state index in [9.17, 15) is 29.4 Å². The van der Waals surface area contributed by atoms with Crippen LogP contribution in [0.3, 0.4) is 0 Å². The van der Waals surface area contributed by atoms with E-state index < -0.39 is 0 Å². The lowest BCUT2D eigenvalue weighted by atomic mass is 9.68. The van der Waals surface area contributed by atoms with Gasteiger partial charge in [0.2, 0.25) is 0 Å². The fourth-order valence-electron chi connectivity index (χ4n) is 9.05. The molecule has 0 amide bonds. The van der Waals surface area contributed by atoms with Crippen LogP contribution in [0.25, 0.3) is 0 Å². The summed E-state index contributed by atoms with van der Waals surface area (Å²) in [6.45, 7) is 17.6. The van der Waals surface area contributed by atoms with E-state index in [4.69, 9.17) is 4.74 Å². The van der Waals surface area contributed by atoms with Gasteiger partial charge in [-0.15, -0.1) is 0 Å². The molecule has 5 aliphatic rings. The molecule has 56 heavy (non-hydrogen) atoms. The zero-order valence-electron chi connectivity index (χ0n) is 36.8. The third kappa shape index (κ3) is 17.7. The van der Waals surface area contributed by atoms with Crippen LogP contribution >= 0.6 is 0 Å². The number of carbonyl (C=O) groups excluding carboxylic acids is 4. The number of Topliss-reactive ketones (excluding diaryl/α,β-unsaturated/α-hetero) is 2. The lowest BCUT2D eigenvalue weighted by Crippen LogP contribution is -2.34. The first kappa shape index (κ1) is 49.8. The summed E-state index contributed by atoms with van der Waals surface area (Å²) in [5.74, 6) is 3.80. The molecule has 1 unspecified atom stereocenters. The van der Waals surface area contributed by atoms with E-state index in [1.165, 1.54) is 70.5 Å². The number of hydrogen-bond donors (Lipinski definition) is 2. The summed E-state index contributed by atoms with van der Waals surface area (Å²) in [7, 11) is 1.38. The van der Waals surface area contributed by atoms with Gasteiger partial charge in [-0.3, -0.25) is 4.79 Å². The number of methoxy groups -OCH3 is 1. The first-order chi connectivity index (χ1) is 26.5. The quantitative estimate of drug-likeness (QED) is 0.114. The summed E-state index contributed by atoms with van der Waals surface area (Å²) in [5.41, 5.74) is 1.68. The molecule has 8 nitrogen and oxygen atoms in total. The molecule has 4 fully saturated rings. The van der Waals surface area contributed by atoms with Gasteiger partial charge in [0.1, 0.15) is 17.9 Å². The third-order valence-electron chi connectivity index (χ3n) is 14.4. The highest BCUT2D eigenvalue weighted by Crippen LogP contribution is 2.46. The number of esters is 1. The molecule has 0 aromatic heterocycles. The van der Waals surface area contributed by atoms with Crippen molar-refractivity contribution in [3.8, 4) is 0 Å². The zero-order chi connectivity index (χ0) is 41.8. The van der Waals surface area contributed by atoms with Gasteiger partial charge in [0.05, 0.1) is 19.5 Å². The van der Waals surface area contributed by atoms with Crippen LogP contribution in [-0.2, 0) is 28.7 Å². The van der Waals surface area contributed by atoms with Gasteiger partial charge in [-0.25, -0.2) is 0 Å². The fourth-order valence-corrected chi connectivity index (χ4v) is 9.05. The van der Waals surface area contributed by atoms with Crippen molar-refractivity contribution < 1.29 is 40.3 Å². The minimum absolute atomic E-state index is 0. The molecule has 4 aliphatic carbocycles. The molecule has 2 N–H and O–H groups in total. The molecular weight excluding hydrogens is 705 g/mol. The molecular formula is C48H84O8. The van der Waals surface area contributed by atoms with Gasteiger partial charge in [0.15, 0.2) is 0 Å². The molecule has 8 heteroatoms. The SMILES string of the molecule is C=C1CCC2(CCC(C)CC2)CO1.CC(=O)CCC1(CO)CCC(C)CC1.CC(=O)CCC1(CO)CCC(C)CC1.COC(=O)CCC1(C=O)CC=C(C)CC1.[HH]. The average Bonchev–Trinajstić information content (AvgIpc) is 3.21. The van der Waals surface area contributed by atoms with Crippen LogP contribution < -0.4 is 0 Å². The lowest BCUT2D eigenvalue weighted by molar-refractivity contribution is -0.141. The predicted octanol–water partition coefficient (Wildman–Crippen LogP) is 11.1. The summed E-state index contributed by atoms with van der Waals surface area (Å²) < 4.78 is 10.2. The number of allylic oxidation sites excluding steroid dienone is 3. The van der Waals surface area contributed by atoms with Crippen molar-refractivity contribution in [3.05, 3.63) is 24.0 Å². The van der Waals surface area contributed by atoms with E-state index in [-0.39, 0.29) is 48.4 Å². The van der Waals surface area contributed by atoms with Crippen LogP contribution in [0.1, 0.15) is 191 Å². The summed E-state index contributed by atoms with van der Waals surface area (Å²) in [6.07, 6.45) is 26.8. The van der Waals surface area contributed by atoms with E-state index in [2.05, 4.69) is 45.1 Å². The monoisotopic (exact) mass is 789 g/mol. The van der Waals surface area contributed by atoms with Gasteiger partial charge in [0.25, 0.3) is 0 Å². The Bertz CT molecular complexity index is 1190. The van der Waals surface area contributed by atoms with E-state index in [1.54, 1.807) is 13.8 Å². The van der Waals surface area contributed by atoms with Crippen molar-refractivity contribution >= 4 is 23.8 Å². The molecule has 1 saturated heterocycles. The Morgan fingerprint density at radius 1 is 0.768 bits per heavy atom. The largest absolute Gasteiger partial charge is 0.498 e. The van der Waals surface area contributed by atoms with E-state index in [0.717, 1.165) is 101 Å². The Morgan fingerprint density at radius 3 is 1.57 bits per heavy atom. The smallest absolute Gasteiger partial charge is 0.305 e. The van der Waals surface area contributed by atoms with Crippen LogP contribution in [0, 0.1) is 39.4 Å². The maximum absolute atomic E-state index is 11.1. The van der Waals surface area contributed by atoms with Gasteiger partial charge < -0.3 is 34.1 Å². The molecule has 0 aromatic carbocycles. The van der Waals surface area contributed by atoms with E-state index in [0.29, 0.717) is 31.1 Å². The molecule has 3 saturated carbocycles.